The van der Waals surface area contributed by atoms with Gasteiger partial charge in [-0.05, 0) is 38.1 Å². The lowest BCUT2D eigenvalue weighted by Gasteiger charge is -2.31. The third kappa shape index (κ3) is 4.15. The van der Waals surface area contributed by atoms with Crippen LogP contribution in [0.3, 0.4) is 0 Å². The van der Waals surface area contributed by atoms with E-state index in [1.807, 2.05) is 0 Å². The zero-order valence-corrected chi connectivity index (χ0v) is 14.2. The van der Waals surface area contributed by atoms with Crippen molar-refractivity contribution in [3.05, 3.63) is 59.7 Å². The van der Waals surface area contributed by atoms with Crippen LogP contribution in [0.5, 0.6) is 0 Å². The van der Waals surface area contributed by atoms with E-state index in [0.717, 1.165) is 0 Å². The molecule has 136 valence electrons. The van der Waals surface area contributed by atoms with Crippen molar-refractivity contribution in [2.24, 2.45) is 0 Å². The first-order valence-electron chi connectivity index (χ1n) is 7.42. The van der Waals surface area contributed by atoms with Gasteiger partial charge in [0.2, 0.25) is 6.61 Å². The van der Waals surface area contributed by atoms with E-state index < -0.39 is 36.5 Å². The maximum absolute atomic E-state index is 12.3. The fraction of sp³-hybridized carbons (Fsp3) is 0.222. The number of hydrogen-bond acceptors (Lipinski definition) is 8. The average Bonchev–Trinajstić information content (AvgIpc) is 2.59. The second-order valence-corrected chi connectivity index (χ2v) is 5.57. The fourth-order valence-electron chi connectivity index (χ4n) is 1.79. The Kier molecular flexibility index (Phi) is 5.25. The number of fused-ring (bicyclic) bond motifs is 7. The molecule has 0 radical (unpaired) electrons. The summed E-state index contributed by atoms with van der Waals surface area (Å²) >= 11 is 0. The molecule has 2 heterocycles. The molecule has 2 aliphatic heterocycles. The number of esters is 4. The number of ether oxygens (including phenoxy) is 4. The van der Waals surface area contributed by atoms with E-state index in [0.29, 0.717) is 0 Å². The minimum atomic E-state index is -2.62. The van der Waals surface area contributed by atoms with Crippen molar-refractivity contribution in [2.45, 2.75) is 19.8 Å². The minimum Gasteiger partial charge on any atom is -0.449 e. The van der Waals surface area contributed by atoms with Gasteiger partial charge in [-0.2, -0.15) is 0 Å². The highest BCUT2D eigenvalue weighted by atomic mass is 16.9. The Morgan fingerprint density at radius 1 is 0.923 bits per heavy atom. The highest BCUT2D eigenvalue weighted by Gasteiger charge is 2.46. The van der Waals surface area contributed by atoms with Gasteiger partial charge < -0.3 is 18.9 Å². The van der Waals surface area contributed by atoms with Gasteiger partial charge in [-0.25, -0.2) is 19.2 Å². The molecule has 0 saturated heterocycles. The van der Waals surface area contributed by atoms with Gasteiger partial charge in [0, 0.05) is 11.1 Å². The van der Waals surface area contributed by atoms with Crippen molar-refractivity contribution in [3.8, 4) is 0 Å². The van der Waals surface area contributed by atoms with E-state index in [1.165, 1.54) is 38.1 Å². The monoisotopic (exact) mass is 360 g/mol. The molecule has 0 aliphatic carbocycles. The largest absolute Gasteiger partial charge is 0.460 e. The van der Waals surface area contributed by atoms with Crippen LogP contribution in [0.1, 0.15) is 34.6 Å². The summed E-state index contributed by atoms with van der Waals surface area (Å²) in [5.74, 6) is -6.41. The van der Waals surface area contributed by atoms with Crippen LogP contribution in [0.4, 0.5) is 0 Å². The van der Waals surface area contributed by atoms with Crippen LogP contribution in [-0.2, 0) is 28.5 Å². The highest BCUT2D eigenvalue weighted by molar-refractivity contribution is 5.94. The third-order valence-electron chi connectivity index (χ3n) is 3.18. The second-order valence-electron chi connectivity index (χ2n) is 5.57. The minimum absolute atomic E-state index is 0.0468. The number of carbonyl (C=O) groups is 4. The second kappa shape index (κ2) is 7.22. The molecule has 0 saturated carbocycles. The van der Waals surface area contributed by atoms with Crippen molar-refractivity contribution in [1.82, 2.24) is 0 Å². The number of benzene rings is 1. The Balaban J connectivity index is 2.47. The molecule has 0 unspecified atom stereocenters. The first-order valence-corrected chi connectivity index (χ1v) is 7.42. The van der Waals surface area contributed by atoms with E-state index >= 15 is 0 Å². The van der Waals surface area contributed by atoms with Crippen molar-refractivity contribution in [3.63, 3.8) is 0 Å². The van der Waals surface area contributed by atoms with Gasteiger partial charge >= 0.3 is 29.9 Å². The molecular weight excluding hydrogens is 344 g/mol. The smallest absolute Gasteiger partial charge is 0.449 e. The first-order chi connectivity index (χ1) is 12.1. The van der Waals surface area contributed by atoms with Crippen LogP contribution in [0.25, 0.3) is 0 Å². The van der Waals surface area contributed by atoms with Crippen LogP contribution in [0.15, 0.2) is 48.6 Å². The van der Waals surface area contributed by atoms with Crippen molar-refractivity contribution < 1.29 is 38.1 Å². The van der Waals surface area contributed by atoms with Gasteiger partial charge in [0.15, 0.2) is 0 Å². The molecule has 0 atom stereocenters. The Morgan fingerprint density at radius 2 is 1.35 bits per heavy atom. The van der Waals surface area contributed by atoms with E-state index in [2.05, 4.69) is 13.2 Å². The molecule has 2 bridgehead atoms. The van der Waals surface area contributed by atoms with E-state index in [-0.39, 0.29) is 22.3 Å². The average molecular weight is 360 g/mol. The summed E-state index contributed by atoms with van der Waals surface area (Å²) in [6.07, 6.45) is 0. The van der Waals surface area contributed by atoms with E-state index in [4.69, 9.17) is 18.9 Å². The number of hydrogen-bond donors (Lipinski definition) is 0. The zero-order chi connectivity index (χ0) is 19.5. The van der Waals surface area contributed by atoms with Crippen LogP contribution >= 0.6 is 0 Å². The maximum Gasteiger partial charge on any atom is 0.460 e. The molecule has 1 aromatic carbocycles. The Bertz CT molecular complexity index is 775. The summed E-state index contributed by atoms with van der Waals surface area (Å²) in [6, 6.07) is 5.36. The molecule has 8 nitrogen and oxygen atoms in total. The number of rotatable bonds is 4. The van der Waals surface area contributed by atoms with Crippen molar-refractivity contribution in [2.75, 3.05) is 6.61 Å². The van der Waals surface area contributed by atoms with Gasteiger partial charge in [0.05, 0.1) is 11.1 Å². The summed E-state index contributed by atoms with van der Waals surface area (Å²) in [4.78, 5) is 48.3. The lowest BCUT2D eigenvalue weighted by Crippen LogP contribution is -2.49. The highest BCUT2D eigenvalue weighted by Crippen LogP contribution is 2.24. The Hall–Kier alpha value is -3.42. The quantitative estimate of drug-likeness (QED) is 0.455. The fourth-order valence-corrected chi connectivity index (χ4v) is 1.79. The lowest BCUT2D eigenvalue weighted by atomic mass is 10.1. The van der Waals surface area contributed by atoms with Gasteiger partial charge in [0.1, 0.15) is 0 Å². The van der Waals surface area contributed by atoms with Crippen molar-refractivity contribution in [1.29, 1.82) is 0 Å². The van der Waals surface area contributed by atoms with Crippen LogP contribution in [-0.4, -0.2) is 36.5 Å². The summed E-state index contributed by atoms with van der Waals surface area (Å²) < 4.78 is 20.1. The molecule has 1 aromatic rings. The normalized spacial score (nSPS) is 15.3. The van der Waals surface area contributed by atoms with Gasteiger partial charge in [-0.15, -0.1) is 0 Å². The van der Waals surface area contributed by atoms with E-state index in [9.17, 15) is 19.2 Å². The standard InChI is InChI=1S/C18H16O8/c1-10(2)14(19)24-18(25-15(20)11(3)4)9-23-16(21)12-5-7-13(8-6-12)17(22)26-18/h5-8H,1,3,9H2,2,4H3. The van der Waals surface area contributed by atoms with E-state index in [1.54, 1.807) is 0 Å². The molecule has 0 N–H and O–H groups in total. The SMILES string of the molecule is C=C(C)C(=O)OC1(OC(=O)C(=C)C)COC(=O)c2ccc(cc2)C(=O)O1. The first kappa shape index (κ1) is 18.9. The number of carbonyl (C=O) groups excluding carboxylic acids is 4. The molecule has 0 amide bonds. The van der Waals surface area contributed by atoms with Gasteiger partial charge in [-0.1, -0.05) is 13.2 Å². The summed E-state index contributed by atoms with van der Waals surface area (Å²) in [5, 5.41) is 0. The van der Waals surface area contributed by atoms with Gasteiger partial charge in [-0.3, -0.25) is 0 Å². The van der Waals surface area contributed by atoms with Crippen LogP contribution in [0, 0.1) is 0 Å². The molecule has 0 spiro atoms. The summed E-state index contributed by atoms with van der Waals surface area (Å²) in [6.45, 7) is 8.61. The predicted molar refractivity (Wildman–Crippen MR) is 86.7 cm³/mol. The Morgan fingerprint density at radius 3 is 1.77 bits per heavy atom. The predicted octanol–water partition coefficient (Wildman–Crippen LogP) is 1.91. The maximum atomic E-state index is 12.3. The Labute approximate surface area is 149 Å². The molecule has 26 heavy (non-hydrogen) atoms. The molecule has 2 aliphatic rings. The molecular formula is C18H16O8. The molecule has 8 heteroatoms. The third-order valence-corrected chi connectivity index (χ3v) is 3.18. The molecule has 0 aromatic heterocycles. The van der Waals surface area contributed by atoms with Crippen LogP contribution < -0.4 is 0 Å². The molecule has 3 rings (SSSR count). The summed E-state index contributed by atoms with van der Waals surface area (Å²) in [5.41, 5.74) is 0.0810. The van der Waals surface area contributed by atoms with Crippen molar-refractivity contribution >= 4 is 23.9 Å². The van der Waals surface area contributed by atoms with Crippen LogP contribution in [0.2, 0.25) is 0 Å². The topological polar surface area (TPSA) is 105 Å². The van der Waals surface area contributed by atoms with Gasteiger partial charge in [0.25, 0.3) is 0 Å². The lowest BCUT2D eigenvalue weighted by molar-refractivity contribution is -0.330. The summed E-state index contributed by atoms with van der Waals surface area (Å²) in [7, 11) is 0. The molecule has 0 fully saturated rings. The zero-order valence-electron chi connectivity index (χ0n) is 14.2.